The lowest BCUT2D eigenvalue weighted by atomic mass is 10.1. The average Bonchev–Trinajstić information content (AvgIpc) is 3.13. The smallest absolute Gasteiger partial charge is 0.257 e. The Balaban J connectivity index is 1.32. The van der Waals surface area contributed by atoms with Gasteiger partial charge in [0.25, 0.3) is 5.91 Å². The number of benzene rings is 2. The Morgan fingerprint density at radius 3 is 2.53 bits per heavy atom. The van der Waals surface area contributed by atoms with Crippen molar-refractivity contribution in [1.29, 1.82) is 0 Å². The van der Waals surface area contributed by atoms with Crippen LogP contribution in [-0.4, -0.2) is 61.7 Å². The molecule has 0 spiro atoms. The highest BCUT2D eigenvalue weighted by Crippen LogP contribution is 2.36. The Kier molecular flexibility index (Phi) is 6.07. The van der Waals surface area contributed by atoms with Crippen LogP contribution in [0.2, 0.25) is 0 Å². The number of aryl methyl sites for hydroxylation is 1. The van der Waals surface area contributed by atoms with Crippen molar-refractivity contribution in [3.8, 4) is 17.2 Å². The van der Waals surface area contributed by atoms with E-state index in [-0.39, 0.29) is 18.6 Å². The fourth-order valence-electron chi connectivity index (χ4n) is 3.84. The predicted molar refractivity (Wildman–Crippen MR) is 111 cm³/mol. The SMILES string of the molecule is COc1ccc(CCC(=O)N2CCCN(C(=O)c3cccc4c3OCO4)CC2)cc1. The summed E-state index contributed by atoms with van der Waals surface area (Å²) in [5.41, 5.74) is 1.63. The Morgan fingerprint density at radius 1 is 0.967 bits per heavy atom. The largest absolute Gasteiger partial charge is 0.497 e. The highest BCUT2D eigenvalue weighted by atomic mass is 16.7. The van der Waals surface area contributed by atoms with E-state index in [1.54, 1.807) is 30.2 Å². The average molecular weight is 410 g/mol. The van der Waals surface area contributed by atoms with Crippen molar-refractivity contribution in [2.24, 2.45) is 0 Å². The van der Waals surface area contributed by atoms with E-state index in [0.29, 0.717) is 56.1 Å². The van der Waals surface area contributed by atoms with E-state index in [1.807, 2.05) is 29.2 Å². The summed E-state index contributed by atoms with van der Waals surface area (Å²) in [6, 6.07) is 13.1. The van der Waals surface area contributed by atoms with E-state index in [9.17, 15) is 9.59 Å². The molecule has 4 rings (SSSR count). The van der Waals surface area contributed by atoms with Crippen LogP contribution in [0, 0.1) is 0 Å². The zero-order chi connectivity index (χ0) is 20.9. The molecular weight excluding hydrogens is 384 g/mol. The van der Waals surface area contributed by atoms with Gasteiger partial charge in [-0.05, 0) is 42.7 Å². The summed E-state index contributed by atoms with van der Waals surface area (Å²) in [6.07, 6.45) is 1.90. The lowest BCUT2D eigenvalue weighted by molar-refractivity contribution is -0.131. The Bertz CT molecular complexity index is 912. The van der Waals surface area contributed by atoms with E-state index in [4.69, 9.17) is 14.2 Å². The second-order valence-corrected chi connectivity index (χ2v) is 7.41. The standard InChI is InChI=1S/C23H26N2O5/c1-28-18-9-6-17(7-10-18)8-11-21(26)24-12-3-13-25(15-14-24)23(27)19-4-2-5-20-22(19)30-16-29-20/h2,4-7,9-10H,3,8,11-16H2,1H3. The third-order valence-corrected chi connectivity index (χ3v) is 5.55. The summed E-state index contributed by atoms with van der Waals surface area (Å²) >= 11 is 0. The third-order valence-electron chi connectivity index (χ3n) is 5.55. The van der Waals surface area contributed by atoms with Gasteiger partial charge in [0.2, 0.25) is 12.7 Å². The van der Waals surface area contributed by atoms with Gasteiger partial charge >= 0.3 is 0 Å². The Labute approximate surface area is 176 Å². The van der Waals surface area contributed by atoms with Crippen LogP contribution in [-0.2, 0) is 11.2 Å². The molecule has 1 saturated heterocycles. The number of nitrogens with zero attached hydrogens (tertiary/aromatic N) is 2. The van der Waals surface area contributed by atoms with Crippen LogP contribution < -0.4 is 14.2 Å². The summed E-state index contributed by atoms with van der Waals surface area (Å²) in [5.74, 6) is 1.97. The number of carbonyl (C=O) groups excluding carboxylic acids is 2. The number of ether oxygens (including phenoxy) is 3. The molecule has 0 atom stereocenters. The monoisotopic (exact) mass is 410 g/mol. The number of methoxy groups -OCH3 is 1. The molecule has 7 nitrogen and oxygen atoms in total. The van der Waals surface area contributed by atoms with Gasteiger partial charge in [-0.2, -0.15) is 0 Å². The summed E-state index contributed by atoms with van der Waals surface area (Å²) < 4.78 is 16.0. The normalized spacial score (nSPS) is 15.6. The molecule has 7 heteroatoms. The molecule has 158 valence electrons. The van der Waals surface area contributed by atoms with E-state index in [2.05, 4.69) is 0 Å². The van der Waals surface area contributed by atoms with Gasteiger partial charge in [0.15, 0.2) is 11.5 Å². The maximum atomic E-state index is 13.0. The maximum absolute atomic E-state index is 13.0. The number of fused-ring (bicyclic) bond motifs is 1. The predicted octanol–water partition coefficient (Wildman–Crippen LogP) is 2.73. The van der Waals surface area contributed by atoms with Crippen LogP contribution in [0.15, 0.2) is 42.5 Å². The van der Waals surface area contributed by atoms with E-state index in [0.717, 1.165) is 17.7 Å². The first-order valence-corrected chi connectivity index (χ1v) is 10.2. The van der Waals surface area contributed by atoms with Crippen LogP contribution in [0.1, 0.15) is 28.8 Å². The molecule has 0 radical (unpaired) electrons. The molecule has 30 heavy (non-hydrogen) atoms. The molecular formula is C23H26N2O5. The molecule has 2 amide bonds. The summed E-state index contributed by atoms with van der Waals surface area (Å²) in [7, 11) is 1.64. The maximum Gasteiger partial charge on any atom is 0.257 e. The highest BCUT2D eigenvalue weighted by Gasteiger charge is 2.27. The fourth-order valence-corrected chi connectivity index (χ4v) is 3.84. The van der Waals surface area contributed by atoms with Crippen LogP contribution in [0.3, 0.4) is 0 Å². The van der Waals surface area contributed by atoms with Crippen molar-refractivity contribution in [3.05, 3.63) is 53.6 Å². The fraction of sp³-hybridized carbons (Fsp3) is 0.391. The molecule has 2 heterocycles. The zero-order valence-electron chi connectivity index (χ0n) is 17.1. The van der Waals surface area contributed by atoms with Crippen molar-refractivity contribution in [1.82, 2.24) is 9.80 Å². The third kappa shape index (κ3) is 4.35. The van der Waals surface area contributed by atoms with E-state index >= 15 is 0 Å². The molecule has 2 aromatic carbocycles. The minimum Gasteiger partial charge on any atom is -0.497 e. The topological polar surface area (TPSA) is 68.3 Å². The number of carbonyl (C=O) groups is 2. The molecule has 0 bridgehead atoms. The zero-order valence-corrected chi connectivity index (χ0v) is 17.1. The summed E-state index contributed by atoms with van der Waals surface area (Å²) in [4.78, 5) is 29.4. The molecule has 2 aliphatic heterocycles. The Hall–Kier alpha value is -3.22. The van der Waals surface area contributed by atoms with Crippen LogP contribution >= 0.6 is 0 Å². The number of rotatable bonds is 5. The van der Waals surface area contributed by atoms with Crippen molar-refractivity contribution in [2.45, 2.75) is 19.3 Å². The number of hydrogen-bond donors (Lipinski definition) is 0. The van der Waals surface area contributed by atoms with Crippen molar-refractivity contribution >= 4 is 11.8 Å². The van der Waals surface area contributed by atoms with Crippen molar-refractivity contribution in [2.75, 3.05) is 40.1 Å². The van der Waals surface area contributed by atoms with Crippen LogP contribution in [0.4, 0.5) is 0 Å². The molecule has 0 saturated carbocycles. The van der Waals surface area contributed by atoms with Crippen LogP contribution in [0.25, 0.3) is 0 Å². The quantitative estimate of drug-likeness (QED) is 0.758. The van der Waals surface area contributed by atoms with Gasteiger partial charge in [0, 0.05) is 32.6 Å². The number of hydrogen-bond acceptors (Lipinski definition) is 5. The molecule has 0 aromatic heterocycles. The second-order valence-electron chi connectivity index (χ2n) is 7.41. The molecule has 1 fully saturated rings. The van der Waals surface area contributed by atoms with Gasteiger partial charge in [-0.3, -0.25) is 9.59 Å². The van der Waals surface area contributed by atoms with E-state index in [1.165, 1.54) is 0 Å². The van der Waals surface area contributed by atoms with Crippen LogP contribution in [0.5, 0.6) is 17.2 Å². The molecule has 2 aliphatic rings. The summed E-state index contributed by atoms with van der Waals surface area (Å²) in [6.45, 7) is 2.47. The van der Waals surface area contributed by atoms with Crippen molar-refractivity contribution < 1.29 is 23.8 Å². The minimum absolute atomic E-state index is 0.0788. The highest BCUT2D eigenvalue weighted by molar-refractivity contribution is 5.98. The van der Waals surface area contributed by atoms with Gasteiger partial charge in [-0.25, -0.2) is 0 Å². The molecule has 0 unspecified atom stereocenters. The lowest BCUT2D eigenvalue weighted by Gasteiger charge is -2.22. The lowest BCUT2D eigenvalue weighted by Crippen LogP contribution is -2.37. The first kappa shape index (κ1) is 20.1. The van der Waals surface area contributed by atoms with Gasteiger partial charge in [0.05, 0.1) is 12.7 Å². The van der Waals surface area contributed by atoms with Crippen molar-refractivity contribution in [3.63, 3.8) is 0 Å². The molecule has 0 N–H and O–H groups in total. The van der Waals surface area contributed by atoms with Gasteiger partial charge < -0.3 is 24.0 Å². The van der Waals surface area contributed by atoms with E-state index < -0.39 is 0 Å². The Morgan fingerprint density at radius 2 is 1.73 bits per heavy atom. The first-order chi connectivity index (χ1) is 14.7. The van der Waals surface area contributed by atoms with Gasteiger partial charge in [-0.15, -0.1) is 0 Å². The minimum atomic E-state index is -0.0788. The molecule has 2 aromatic rings. The number of amides is 2. The summed E-state index contributed by atoms with van der Waals surface area (Å²) in [5, 5.41) is 0. The van der Waals surface area contributed by atoms with Gasteiger partial charge in [-0.1, -0.05) is 18.2 Å². The number of para-hydroxylation sites is 1. The molecule has 0 aliphatic carbocycles. The van der Waals surface area contributed by atoms with Gasteiger partial charge in [0.1, 0.15) is 5.75 Å². The second kappa shape index (κ2) is 9.07. The first-order valence-electron chi connectivity index (χ1n) is 10.2.